The summed E-state index contributed by atoms with van der Waals surface area (Å²) in [7, 11) is 0. The lowest BCUT2D eigenvalue weighted by Crippen LogP contribution is -2.61. The Hall–Kier alpha value is -0.790. The highest BCUT2D eigenvalue weighted by Crippen LogP contribution is 2.68. The second kappa shape index (κ2) is 8.12. The summed E-state index contributed by atoms with van der Waals surface area (Å²) < 4.78 is 0. The van der Waals surface area contributed by atoms with Crippen molar-refractivity contribution in [2.45, 2.75) is 115 Å². The van der Waals surface area contributed by atoms with Crippen molar-refractivity contribution in [3.8, 4) is 0 Å². The Balaban J connectivity index is 1.62. The van der Waals surface area contributed by atoms with Crippen molar-refractivity contribution in [3.05, 3.63) is 11.6 Å². The molecular formula is C27H44O6. The largest absolute Gasteiger partial charge is 0.393 e. The fraction of sp³-hybridized carbons (Fsp3) is 0.889. The molecule has 6 heteroatoms. The molecule has 10 atom stereocenters. The van der Waals surface area contributed by atoms with Crippen molar-refractivity contribution in [3.63, 3.8) is 0 Å². The molecule has 0 aromatic rings. The third-order valence-corrected chi connectivity index (χ3v) is 10.5. The highest BCUT2D eigenvalue weighted by Gasteiger charge is 2.67. The maximum absolute atomic E-state index is 13.2. The average Bonchev–Trinajstić information content (AvgIpc) is 2.99. The predicted molar refractivity (Wildman–Crippen MR) is 125 cm³/mol. The standard InChI is InChI=1S/C27H44O6/c1-15(20(28)8-9-24(2,3)32)16-7-11-27(33)18-12-21(29)19-13-22(30)23(31)14-25(19,4)17(18)6-10-26(16,27)5/h12,15-17,19-20,22-23,28,30-33H,6-11,13-14H2,1-5H3/t15-,16?,17?,19?,20+,22?,23?,25?,26?,27-/m0/s1. The van der Waals surface area contributed by atoms with Crippen molar-refractivity contribution in [1.29, 1.82) is 0 Å². The molecule has 0 amide bonds. The Morgan fingerprint density at radius 2 is 1.79 bits per heavy atom. The van der Waals surface area contributed by atoms with Crippen molar-refractivity contribution < 1.29 is 30.3 Å². The van der Waals surface area contributed by atoms with Crippen LogP contribution in [0.25, 0.3) is 0 Å². The molecule has 4 aliphatic rings. The topological polar surface area (TPSA) is 118 Å². The lowest BCUT2D eigenvalue weighted by Gasteiger charge is -2.60. The van der Waals surface area contributed by atoms with Crippen LogP contribution in [-0.2, 0) is 4.79 Å². The van der Waals surface area contributed by atoms with Gasteiger partial charge in [0, 0.05) is 11.3 Å². The first kappa shape index (κ1) is 25.3. The lowest BCUT2D eigenvalue weighted by molar-refractivity contribution is -0.154. The fourth-order valence-corrected chi connectivity index (χ4v) is 8.29. The molecule has 33 heavy (non-hydrogen) atoms. The lowest BCUT2D eigenvalue weighted by atomic mass is 9.46. The highest BCUT2D eigenvalue weighted by molar-refractivity contribution is 5.95. The smallest absolute Gasteiger partial charge is 0.159 e. The van der Waals surface area contributed by atoms with Gasteiger partial charge in [0.25, 0.3) is 0 Å². The number of aliphatic hydroxyl groups excluding tert-OH is 3. The highest BCUT2D eigenvalue weighted by atomic mass is 16.3. The van der Waals surface area contributed by atoms with E-state index in [0.29, 0.717) is 25.7 Å². The molecule has 0 aliphatic heterocycles. The van der Waals surface area contributed by atoms with Crippen LogP contribution in [0.15, 0.2) is 11.6 Å². The van der Waals surface area contributed by atoms with E-state index in [-0.39, 0.29) is 35.9 Å². The van der Waals surface area contributed by atoms with Gasteiger partial charge in [-0.3, -0.25) is 4.79 Å². The number of rotatable bonds is 5. The first-order valence-electron chi connectivity index (χ1n) is 12.9. The zero-order chi connectivity index (χ0) is 24.6. The molecule has 0 spiro atoms. The van der Waals surface area contributed by atoms with Crippen molar-refractivity contribution in [1.82, 2.24) is 0 Å². The number of carbonyl (C=O) groups excluding carboxylic acids is 1. The number of allylic oxidation sites excluding steroid dienone is 1. The molecule has 6 nitrogen and oxygen atoms in total. The normalized spacial score (nSPS) is 47.3. The molecular weight excluding hydrogens is 420 g/mol. The van der Waals surface area contributed by atoms with E-state index >= 15 is 0 Å². The predicted octanol–water partition coefficient (Wildman–Crippen LogP) is 2.74. The Morgan fingerprint density at radius 3 is 2.42 bits per heavy atom. The van der Waals surface area contributed by atoms with Crippen LogP contribution < -0.4 is 0 Å². The number of hydrogen-bond acceptors (Lipinski definition) is 6. The molecule has 0 radical (unpaired) electrons. The van der Waals surface area contributed by atoms with Crippen LogP contribution in [0.1, 0.15) is 86.0 Å². The summed E-state index contributed by atoms with van der Waals surface area (Å²) in [5.74, 6) is -0.264. The summed E-state index contributed by atoms with van der Waals surface area (Å²) in [5.41, 5.74) is -2.01. The number of carbonyl (C=O) groups is 1. The quantitative estimate of drug-likeness (QED) is 0.427. The molecule has 0 heterocycles. The SMILES string of the molecule is C[C@@H](C1CC[C@]2(O)C3=CC(=O)C4CC(O)C(O)CC4(C)C3CCC12C)[C@H](O)CCC(C)(C)O. The van der Waals surface area contributed by atoms with Crippen LogP contribution in [0.2, 0.25) is 0 Å². The summed E-state index contributed by atoms with van der Waals surface area (Å²) in [6.45, 7) is 9.74. The summed E-state index contributed by atoms with van der Waals surface area (Å²) in [4.78, 5) is 13.2. The second-order valence-corrected chi connectivity index (χ2v) is 12.9. The fourth-order valence-electron chi connectivity index (χ4n) is 8.29. The van der Waals surface area contributed by atoms with E-state index < -0.39 is 40.3 Å². The summed E-state index contributed by atoms with van der Waals surface area (Å²) in [6.07, 6.45) is 4.06. The number of aliphatic hydroxyl groups is 5. The van der Waals surface area contributed by atoms with Gasteiger partial charge in [-0.1, -0.05) is 20.8 Å². The molecule has 3 fully saturated rings. The third-order valence-electron chi connectivity index (χ3n) is 10.5. The van der Waals surface area contributed by atoms with E-state index in [1.54, 1.807) is 19.9 Å². The van der Waals surface area contributed by atoms with Crippen molar-refractivity contribution >= 4 is 5.78 Å². The molecule has 4 aliphatic carbocycles. The number of ketones is 1. The van der Waals surface area contributed by atoms with E-state index in [4.69, 9.17) is 0 Å². The van der Waals surface area contributed by atoms with Gasteiger partial charge < -0.3 is 25.5 Å². The molecule has 0 aromatic heterocycles. The van der Waals surface area contributed by atoms with Crippen LogP contribution in [0.3, 0.4) is 0 Å². The zero-order valence-electron chi connectivity index (χ0n) is 20.9. The maximum Gasteiger partial charge on any atom is 0.159 e. The molecule has 0 bridgehead atoms. The van der Waals surface area contributed by atoms with E-state index in [0.717, 1.165) is 24.8 Å². The Morgan fingerprint density at radius 1 is 1.12 bits per heavy atom. The zero-order valence-corrected chi connectivity index (χ0v) is 20.9. The maximum atomic E-state index is 13.2. The molecule has 0 aromatic carbocycles. The van der Waals surface area contributed by atoms with Crippen molar-refractivity contribution in [2.24, 2.45) is 34.5 Å². The third kappa shape index (κ3) is 3.85. The van der Waals surface area contributed by atoms with Crippen LogP contribution in [-0.4, -0.2) is 60.8 Å². The first-order valence-corrected chi connectivity index (χ1v) is 12.9. The monoisotopic (exact) mass is 464 g/mol. The van der Waals surface area contributed by atoms with Gasteiger partial charge in [-0.05, 0) is 100 Å². The molecule has 5 N–H and O–H groups in total. The van der Waals surface area contributed by atoms with Crippen LogP contribution >= 0.6 is 0 Å². The minimum Gasteiger partial charge on any atom is -0.393 e. The van der Waals surface area contributed by atoms with Gasteiger partial charge in [0.15, 0.2) is 5.78 Å². The van der Waals surface area contributed by atoms with Gasteiger partial charge in [0.05, 0.1) is 29.5 Å². The second-order valence-electron chi connectivity index (χ2n) is 12.9. The van der Waals surface area contributed by atoms with E-state index in [2.05, 4.69) is 20.8 Å². The Labute approximate surface area is 198 Å². The van der Waals surface area contributed by atoms with E-state index in [9.17, 15) is 30.3 Å². The van der Waals surface area contributed by atoms with Gasteiger partial charge in [0.1, 0.15) is 0 Å². The van der Waals surface area contributed by atoms with Gasteiger partial charge >= 0.3 is 0 Å². The summed E-state index contributed by atoms with van der Waals surface area (Å²) >= 11 is 0. The molecule has 3 saturated carbocycles. The Bertz CT molecular complexity index is 816. The minimum absolute atomic E-state index is 0.00888. The molecule has 188 valence electrons. The van der Waals surface area contributed by atoms with Crippen LogP contribution in [0.5, 0.6) is 0 Å². The molecule has 4 rings (SSSR count). The summed E-state index contributed by atoms with van der Waals surface area (Å²) in [5, 5.41) is 53.9. The van der Waals surface area contributed by atoms with Gasteiger partial charge in [-0.15, -0.1) is 0 Å². The van der Waals surface area contributed by atoms with Crippen molar-refractivity contribution in [2.75, 3.05) is 0 Å². The van der Waals surface area contributed by atoms with Gasteiger partial charge in [0.2, 0.25) is 0 Å². The minimum atomic E-state index is -1.10. The van der Waals surface area contributed by atoms with E-state index in [1.165, 1.54) is 0 Å². The first-order chi connectivity index (χ1) is 15.1. The van der Waals surface area contributed by atoms with Gasteiger partial charge in [-0.2, -0.15) is 0 Å². The number of fused-ring (bicyclic) bond motifs is 5. The molecule has 7 unspecified atom stereocenters. The average molecular weight is 465 g/mol. The van der Waals surface area contributed by atoms with E-state index in [1.807, 2.05) is 0 Å². The van der Waals surface area contributed by atoms with Crippen LogP contribution in [0, 0.1) is 34.5 Å². The summed E-state index contributed by atoms with van der Waals surface area (Å²) in [6, 6.07) is 0. The number of hydrogen-bond donors (Lipinski definition) is 5. The molecule has 0 saturated heterocycles. The Kier molecular flexibility index (Phi) is 6.23. The van der Waals surface area contributed by atoms with Gasteiger partial charge in [-0.25, -0.2) is 0 Å². The van der Waals surface area contributed by atoms with Crippen LogP contribution in [0.4, 0.5) is 0 Å².